The fourth-order valence-corrected chi connectivity index (χ4v) is 5.09. The molecule has 12 heteroatoms. The topological polar surface area (TPSA) is 158 Å². The predicted molar refractivity (Wildman–Crippen MR) is 135 cm³/mol. The Hall–Kier alpha value is -3.51. The van der Waals surface area contributed by atoms with Gasteiger partial charge >= 0.3 is 11.9 Å². The number of carbonyl (C=O) groups is 2. The molecular formula is C25H33NO10S. The quantitative estimate of drug-likeness (QED) is 0.269. The molecule has 3 rings (SSSR count). The zero-order chi connectivity index (χ0) is 27.3. The number of aliphatic carboxylic acids is 2. The number of sulfone groups is 1. The molecule has 3 N–H and O–H groups in total. The molecule has 0 aliphatic carbocycles. The maximum Gasteiger partial charge on any atom is 0.414 e. The van der Waals surface area contributed by atoms with Crippen LogP contribution in [0.5, 0.6) is 23.0 Å². The van der Waals surface area contributed by atoms with Gasteiger partial charge in [-0.15, -0.1) is 0 Å². The molecule has 0 amide bonds. The summed E-state index contributed by atoms with van der Waals surface area (Å²) < 4.78 is 45.9. The normalized spacial score (nSPS) is 15.7. The Kier molecular flexibility index (Phi) is 12.0. The molecule has 37 heavy (non-hydrogen) atoms. The molecule has 2 aromatic rings. The van der Waals surface area contributed by atoms with Crippen LogP contribution in [-0.2, 0) is 26.0 Å². The number of nitrogens with one attached hydrogen (secondary N) is 1. The average molecular weight is 540 g/mol. The molecule has 1 saturated heterocycles. The summed E-state index contributed by atoms with van der Waals surface area (Å²) in [5.74, 6) is -0.276. The first-order valence-electron chi connectivity index (χ1n) is 11.8. The number of carboxylic acid groups (broad SMARTS) is 2. The van der Waals surface area contributed by atoms with Gasteiger partial charge in [0, 0.05) is 12.6 Å². The van der Waals surface area contributed by atoms with Crippen LogP contribution in [-0.4, -0.2) is 74.5 Å². The van der Waals surface area contributed by atoms with Crippen molar-refractivity contribution in [1.82, 2.24) is 5.32 Å². The summed E-state index contributed by atoms with van der Waals surface area (Å²) in [5, 5.41) is 18.1. The number of benzene rings is 2. The molecule has 0 bridgehead atoms. The van der Waals surface area contributed by atoms with Gasteiger partial charge in [0.25, 0.3) is 0 Å². The fourth-order valence-electron chi connectivity index (χ4n) is 3.38. The van der Waals surface area contributed by atoms with Gasteiger partial charge in [-0.05, 0) is 62.2 Å². The standard InChI is InChI=1S/C23H31NO6S.C2H2O4/c1-3-27-20-6-8-21(9-7-20)29-12-13-30-22-10-5-18(15-23(22)28-4-2)16-24-19-11-14-31(25,26)17-19;3-1(4)2(5)6/h5-10,15,19,24H,3-4,11-14,16-17H2,1-2H3;(H,3,4)(H,5,6). The molecule has 1 aliphatic heterocycles. The SMILES string of the molecule is CCOc1ccc(OCCOc2ccc(CNC3CCS(=O)(=O)C3)cc2OCC)cc1.O=C(O)C(=O)O. The Morgan fingerprint density at radius 2 is 1.46 bits per heavy atom. The predicted octanol–water partition coefficient (Wildman–Crippen LogP) is 2.37. The van der Waals surface area contributed by atoms with Crippen molar-refractivity contribution in [1.29, 1.82) is 0 Å². The van der Waals surface area contributed by atoms with Crippen LogP contribution in [0.15, 0.2) is 42.5 Å². The lowest BCUT2D eigenvalue weighted by Gasteiger charge is -2.15. The maximum absolute atomic E-state index is 11.6. The second-order valence-electron chi connectivity index (χ2n) is 7.91. The smallest absolute Gasteiger partial charge is 0.414 e. The summed E-state index contributed by atoms with van der Waals surface area (Å²) in [4.78, 5) is 18.2. The largest absolute Gasteiger partial charge is 0.494 e. The lowest BCUT2D eigenvalue weighted by molar-refractivity contribution is -0.159. The van der Waals surface area contributed by atoms with Crippen molar-refractivity contribution in [2.45, 2.75) is 32.9 Å². The van der Waals surface area contributed by atoms with Crippen molar-refractivity contribution in [3.05, 3.63) is 48.0 Å². The third kappa shape index (κ3) is 11.0. The molecule has 0 saturated carbocycles. The monoisotopic (exact) mass is 539 g/mol. The third-order valence-corrected chi connectivity index (χ3v) is 6.83. The average Bonchev–Trinajstić information content (AvgIpc) is 3.21. The molecule has 1 heterocycles. The van der Waals surface area contributed by atoms with E-state index in [4.69, 9.17) is 38.7 Å². The third-order valence-electron chi connectivity index (χ3n) is 5.06. The van der Waals surface area contributed by atoms with Crippen LogP contribution >= 0.6 is 0 Å². The van der Waals surface area contributed by atoms with E-state index in [0.717, 1.165) is 17.1 Å². The molecule has 0 radical (unpaired) electrons. The summed E-state index contributed by atoms with van der Waals surface area (Å²) in [5.41, 5.74) is 1.02. The summed E-state index contributed by atoms with van der Waals surface area (Å²) in [6.45, 7) is 6.40. The van der Waals surface area contributed by atoms with Crippen LogP contribution in [0.3, 0.4) is 0 Å². The van der Waals surface area contributed by atoms with Gasteiger partial charge in [-0.2, -0.15) is 0 Å². The Morgan fingerprint density at radius 1 is 0.865 bits per heavy atom. The molecule has 2 aromatic carbocycles. The van der Waals surface area contributed by atoms with Gasteiger partial charge in [-0.1, -0.05) is 6.07 Å². The zero-order valence-corrected chi connectivity index (χ0v) is 21.7. The van der Waals surface area contributed by atoms with Gasteiger partial charge < -0.3 is 34.5 Å². The molecule has 204 valence electrons. The highest BCUT2D eigenvalue weighted by molar-refractivity contribution is 7.91. The van der Waals surface area contributed by atoms with Gasteiger partial charge in [0.1, 0.15) is 24.7 Å². The number of carboxylic acids is 2. The Labute approximate surface area is 216 Å². The van der Waals surface area contributed by atoms with Gasteiger partial charge in [0.2, 0.25) is 0 Å². The molecule has 11 nitrogen and oxygen atoms in total. The minimum Gasteiger partial charge on any atom is -0.494 e. The van der Waals surface area contributed by atoms with Crippen molar-refractivity contribution in [3.63, 3.8) is 0 Å². The highest BCUT2D eigenvalue weighted by Gasteiger charge is 2.27. The van der Waals surface area contributed by atoms with Crippen LogP contribution in [0.1, 0.15) is 25.8 Å². The highest BCUT2D eigenvalue weighted by Crippen LogP contribution is 2.29. The van der Waals surface area contributed by atoms with E-state index in [1.807, 2.05) is 56.3 Å². The molecule has 1 fully saturated rings. The minimum atomic E-state index is -2.89. The minimum absolute atomic E-state index is 0.0104. The summed E-state index contributed by atoms with van der Waals surface area (Å²) in [6.07, 6.45) is 0.663. The molecule has 1 unspecified atom stereocenters. The van der Waals surface area contributed by atoms with E-state index < -0.39 is 21.8 Å². The number of hydrogen-bond donors (Lipinski definition) is 3. The van der Waals surface area contributed by atoms with Crippen molar-refractivity contribution in [2.75, 3.05) is 37.9 Å². The van der Waals surface area contributed by atoms with Gasteiger partial charge in [0.05, 0.1) is 24.7 Å². The van der Waals surface area contributed by atoms with E-state index in [2.05, 4.69) is 5.32 Å². The molecular weight excluding hydrogens is 506 g/mol. The fraction of sp³-hybridized carbons (Fsp3) is 0.440. The van der Waals surface area contributed by atoms with E-state index in [-0.39, 0.29) is 17.5 Å². The van der Waals surface area contributed by atoms with Gasteiger partial charge in [0.15, 0.2) is 21.3 Å². The first-order chi connectivity index (χ1) is 17.6. The maximum atomic E-state index is 11.6. The highest BCUT2D eigenvalue weighted by atomic mass is 32.2. The van der Waals surface area contributed by atoms with E-state index in [0.29, 0.717) is 50.9 Å². The lowest BCUT2D eigenvalue weighted by atomic mass is 10.1. The van der Waals surface area contributed by atoms with Gasteiger partial charge in [-0.25, -0.2) is 18.0 Å². The van der Waals surface area contributed by atoms with Crippen LogP contribution in [0, 0.1) is 0 Å². The number of rotatable bonds is 12. The van der Waals surface area contributed by atoms with Crippen LogP contribution in [0.25, 0.3) is 0 Å². The summed E-state index contributed by atoms with van der Waals surface area (Å²) in [6, 6.07) is 13.3. The van der Waals surface area contributed by atoms with Crippen molar-refractivity contribution < 1.29 is 47.2 Å². The van der Waals surface area contributed by atoms with Crippen LogP contribution < -0.4 is 24.3 Å². The van der Waals surface area contributed by atoms with Crippen LogP contribution in [0.2, 0.25) is 0 Å². The molecule has 1 aliphatic rings. The Bertz CT molecular complexity index is 1110. The molecule has 0 spiro atoms. The van der Waals surface area contributed by atoms with Gasteiger partial charge in [-0.3, -0.25) is 0 Å². The summed E-state index contributed by atoms with van der Waals surface area (Å²) in [7, 11) is -2.89. The number of hydrogen-bond acceptors (Lipinski definition) is 9. The van der Waals surface area contributed by atoms with E-state index >= 15 is 0 Å². The van der Waals surface area contributed by atoms with E-state index in [1.165, 1.54) is 0 Å². The molecule has 0 aromatic heterocycles. The van der Waals surface area contributed by atoms with Crippen LogP contribution in [0.4, 0.5) is 0 Å². The second-order valence-corrected chi connectivity index (χ2v) is 10.1. The van der Waals surface area contributed by atoms with E-state index in [9.17, 15) is 8.42 Å². The van der Waals surface area contributed by atoms with E-state index in [1.54, 1.807) is 0 Å². The lowest BCUT2D eigenvalue weighted by Crippen LogP contribution is -2.29. The Balaban J connectivity index is 0.000000717. The summed E-state index contributed by atoms with van der Waals surface area (Å²) >= 11 is 0. The first-order valence-corrected chi connectivity index (χ1v) is 13.6. The molecule has 1 atom stereocenters. The van der Waals surface area contributed by atoms with Crippen molar-refractivity contribution in [3.8, 4) is 23.0 Å². The van der Waals surface area contributed by atoms with Crippen molar-refractivity contribution >= 4 is 21.8 Å². The first kappa shape index (κ1) is 29.7. The number of ether oxygens (including phenoxy) is 4. The Morgan fingerprint density at radius 3 is 2.00 bits per heavy atom. The second kappa shape index (κ2) is 14.9. The zero-order valence-electron chi connectivity index (χ0n) is 20.8. The van der Waals surface area contributed by atoms with Crippen molar-refractivity contribution in [2.24, 2.45) is 0 Å².